The lowest BCUT2D eigenvalue weighted by atomic mass is 9.74. The Balaban J connectivity index is 2.10. The van der Waals surface area contributed by atoms with Crippen LogP contribution in [-0.4, -0.2) is 18.0 Å². The molecule has 1 aromatic rings. The highest BCUT2D eigenvalue weighted by Gasteiger charge is 2.30. The van der Waals surface area contributed by atoms with Crippen LogP contribution >= 0.6 is 0 Å². The van der Waals surface area contributed by atoms with Crippen LogP contribution in [0, 0.1) is 0 Å². The van der Waals surface area contributed by atoms with E-state index in [1.165, 1.54) is 44.5 Å². The first kappa shape index (κ1) is 13.2. The normalized spacial score (nSPS) is 23.3. The third-order valence-electron chi connectivity index (χ3n) is 4.94. The quantitative estimate of drug-likeness (QED) is 0.727. The first-order valence-electron chi connectivity index (χ1n) is 7.87. The Labute approximate surface area is 118 Å². The molecule has 0 aromatic heterocycles. The average Bonchev–Trinajstić information content (AvgIpc) is 2.37. The fraction of sp³-hybridized carbons (Fsp3) is 0.667. The summed E-state index contributed by atoms with van der Waals surface area (Å²) < 4.78 is 0. The fourth-order valence-electron chi connectivity index (χ4n) is 3.80. The largest absolute Gasteiger partial charge is 0.299 e. The number of aryl methyl sites for hydroxylation is 1. The van der Waals surface area contributed by atoms with Crippen molar-refractivity contribution in [2.75, 3.05) is 13.1 Å². The van der Waals surface area contributed by atoms with E-state index in [0.29, 0.717) is 0 Å². The van der Waals surface area contributed by atoms with Crippen LogP contribution in [0.15, 0.2) is 12.1 Å². The maximum absolute atomic E-state index is 2.62. The van der Waals surface area contributed by atoms with Crippen molar-refractivity contribution >= 4 is 0 Å². The van der Waals surface area contributed by atoms with Gasteiger partial charge in [-0.25, -0.2) is 0 Å². The summed E-state index contributed by atoms with van der Waals surface area (Å²) in [7, 11) is 0. The number of hydrogen-bond acceptors (Lipinski definition) is 1. The van der Waals surface area contributed by atoms with Gasteiger partial charge in [0, 0.05) is 13.1 Å². The second-order valence-electron chi connectivity index (χ2n) is 7.38. The molecule has 1 heterocycles. The third-order valence-corrected chi connectivity index (χ3v) is 4.94. The maximum Gasteiger partial charge on any atom is 0.0236 e. The molecule has 1 aliphatic heterocycles. The molecule has 1 atom stereocenters. The van der Waals surface area contributed by atoms with Crippen LogP contribution in [0.4, 0.5) is 0 Å². The Kier molecular flexibility index (Phi) is 3.21. The second-order valence-corrected chi connectivity index (χ2v) is 7.38. The Bertz CT molecular complexity index is 481. The van der Waals surface area contributed by atoms with Crippen molar-refractivity contribution in [3.8, 4) is 0 Å². The van der Waals surface area contributed by atoms with Crippen molar-refractivity contribution in [2.45, 2.75) is 64.8 Å². The van der Waals surface area contributed by atoms with Crippen LogP contribution in [0.2, 0.25) is 0 Å². The number of nitrogens with zero attached hydrogens (tertiary/aromatic N) is 1. The minimum absolute atomic E-state index is 0.271. The van der Waals surface area contributed by atoms with Gasteiger partial charge in [-0.2, -0.15) is 0 Å². The van der Waals surface area contributed by atoms with Crippen LogP contribution in [0.1, 0.15) is 68.7 Å². The van der Waals surface area contributed by atoms with Crippen molar-refractivity contribution < 1.29 is 0 Å². The van der Waals surface area contributed by atoms with E-state index in [0.717, 1.165) is 5.92 Å². The van der Waals surface area contributed by atoms with E-state index in [9.17, 15) is 0 Å². The monoisotopic (exact) mass is 257 g/mol. The van der Waals surface area contributed by atoms with Crippen LogP contribution in [-0.2, 0) is 18.4 Å². The molecule has 1 nitrogen and oxygen atoms in total. The minimum Gasteiger partial charge on any atom is -0.299 e. The maximum atomic E-state index is 2.62. The standard InChI is InChI=1S/C18H27N/c1-5-19-11-14-8-6-7-13-9-16(18(2,3)4)10-15(12-19)17(13)14/h9-10,14H,5-8,11-12H2,1-4H3/t14-/m1/s1. The van der Waals surface area contributed by atoms with Crippen molar-refractivity contribution in [1.82, 2.24) is 4.90 Å². The van der Waals surface area contributed by atoms with Crippen molar-refractivity contribution in [1.29, 1.82) is 0 Å². The molecule has 3 rings (SSSR count). The molecule has 0 N–H and O–H groups in total. The highest BCUT2D eigenvalue weighted by Crippen LogP contribution is 2.40. The fourth-order valence-corrected chi connectivity index (χ4v) is 3.80. The molecule has 2 aliphatic rings. The van der Waals surface area contributed by atoms with Crippen LogP contribution in [0.3, 0.4) is 0 Å². The van der Waals surface area contributed by atoms with Gasteiger partial charge < -0.3 is 0 Å². The summed E-state index contributed by atoms with van der Waals surface area (Å²) in [5.41, 5.74) is 6.81. The lowest BCUT2D eigenvalue weighted by Gasteiger charge is -2.39. The summed E-state index contributed by atoms with van der Waals surface area (Å²) in [6.07, 6.45) is 4.07. The number of hydrogen-bond donors (Lipinski definition) is 0. The first-order chi connectivity index (χ1) is 8.99. The Hall–Kier alpha value is -0.820. The van der Waals surface area contributed by atoms with Gasteiger partial charge in [0.15, 0.2) is 0 Å². The van der Waals surface area contributed by atoms with Gasteiger partial charge in [0.25, 0.3) is 0 Å². The van der Waals surface area contributed by atoms with E-state index >= 15 is 0 Å². The van der Waals surface area contributed by atoms with Gasteiger partial charge in [-0.15, -0.1) is 0 Å². The van der Waals surface area contributed by atoms with Gasteiger partial charge >= 0.3 is 0 Å². The summed E-state index contributed by atoms with van der Waals surface area (Å²) in [6.45, 7) is 12.9. The molecule has 0 fully saturated rings. The van der Waals surface area contributed by atoms with Gasteiger partial charge in [-0.05, 0) is 59.4 Å². The molecular formula is C18H27N. The molecule has 0 saturated carbocycles. The zero-order valence-electron chi connectivity index (χ0n) is 12.9. The van der Waals surface area contributed by atoms with Crippen LogP contribution in [0.25, 0.3) is 0 Å². The molecular weight excluding hydrogens is 230 g/mol. The summed E-state index contributed by atoms with van der Waals surface area (Å²) >= 11 is 0. The Morgan fingerprint density at radius 2 is 1.95 bits per heavy atom. The minimum atomic E-state index is 0.271. The molecule has 1 heteroatoms. The molecule has 19 heavy (non-hydrogen) atoms. The summed E-state index contributed by atoms with van der Waals surface area (Å²) in [5, 5.41) is 0. The third kappa shape index (κ3) is 2.33. The number of rotatable bonds is 1. The van der Waals surface area contributed by atoms with Gasteiger partial charge in [-0.3, -0.25) is 4.90 Å². The smallest absolute Gasteiger partial charge is 0.0236 e. The molecule has 0 unspecified atom stereocenters. The van der Waals surface area contributed by atoms with E-state index in [1.54, 1.807) is 16.7 Å². The Morgan fingerprint density at radius 3 is 2.63 bits per heavy atom. The zero-order chi connectivity index (χ0) is 13.6. The second kappa shape index (κ2) is 4.63. The van der Waals surface area contributed by atoms with E-state index in [-0.39, 0.29) is 5.41 Å². The SMILES string of the molecule is CCN1Cc2cc(C(C)(C)C)cc3c2[C@H](CCC3)C1. The van der Waals surface area contributed by atoms with E-state index in [4.69, 9.17) is 0 Å². The molecule has 0 spiro atoms. The Morgan fingerprint density at radius 1 is 1.21 bits per heavy atom. The molecule has 1 aliphatic carbocycles. The van der Waals surface area contributed by atoms with Crippen LogP contribution in [0.5, 0.6) is 0 Å². The zero-order valence-corrected chi connectivity index (χ0v) is 12.9. The van der Waals surface area contributed by atoms with Crippen molar-refractivity contribution in [3.63, 3.8) is 0 Å². The molecule has 1 aromatic carbocycles. The molecule has 0 bridgehead atoms. The molecule has 0 saturated heterocycles. The predicted octanol–water partition coefficient (Wildman–Crippen LogP) is 4.24. The van der Waals surface area contributed by atoms with Gasteiger partial charge in [0.1, 0.15) is 0 Å². The molecule has 104 valence electrons. The van der Waals surface area contributed by atoms with Crippen LogP contribution < -0.4 is 0 Å². The number of likely N-dealkylation sites (N-methyl/N-ethyl adjacent to an activating group) is 1. The lowest BCUT2D eigenvalue weighted by molar-refractivity contribution is 0.230. The highest BCUT2D eigenvalue weighted by molar-refractivity contribution is 5.46. The number of benzene rings is 1. The van der Waals surface area contributed by atoms with Crippen molar-refractivity contribution in [2.24, 2.45) is 0 Å². The highest BCUT2D eigenvalue weighted by atomic mass is 15.1. The summed E-state index contributed by atoms with van der Waals surface area (Å²) in [4.78, 5) is 2.62. The first-order valence-corrected chi connectivity index (χ1v) is 7.87. The average molecular weight is 257 g/mol. The molecule has 0 amide bonds. The van der Waals surface area contributed by atoms with Crippen molar-refractivity contribution in [3.05, 3.63) is 34.4 Å². The van der Waals surface area contributed by atoms with Gasteiger partial charge in [0.2, 0.25) is 0 Å². The predicted molar refractivity (Wildman–Crippen MR) is 81.8 cm³/mol. The van der Waals surface area contributed by atoms with Gasteiger partial charge in [-0.1, -0.05) is 39.8 Å². The van der Waals surface area contributed by atoms with E-state index < -0.39 is 0 Å². The lowest BCUT2D eigenvalue weighted by Crippen LogP contribution is -2.36. The topological polar surface area (TPSA) is 3.24 Å². The summed E-state index contributed by atoms with van der Waals surface area (Å²) in [6, 6.07) is 5.01. The summed E-state index contributed by atoms with van der Waals surface area (Å²) in [5.74, 6) is 0.807. The van der Waals surface area contributed by atoms with E-state index in [2.05, 4.69) is 44.7 Å². The van der Waals surface area contributed by atoms with Gasteiger partial charge in [0.05, 0.1) is 0 Å². The molecule has 0 radical (unpaired) electrons. The van der Waals surface area contributed by atoms with E-state index in [1.807, 2.05) is 0 Å².